The lowest BCUT2D eigenvalue weighted by molar-refractivity contribution is 0.0938. The molecule has 2 aliphatic heterocycles. The number of nitrogens with two attached hydrogens (primary N) is 1. The van der Waals surface area contributed by atoms with E-state index < -0.39 is 0 Å². The van der Waals surface area contributed by atoms with Gasteiger partial charge in [-0.05, 0) is 56.1 Å². The van der Waals surface area contributed by atoms with E-state index in [1.165, 1.54) is 0 Å². The van der Waals surface area contributed by atoms with E-state index in [1.807, 2.05) is 41.3 Å². The van der Waals surface area contributed by atoms with Crippen LogP contribution in [0.5, 0.6) is 0 Å². The zero-order valence-corrected chi connectivity index (χ0v) is 20.9. The Bertz CT molecular complexity index is 1210. The van der Waals surface area contributed by atoms with Crippen LogP contribution < -0.4 is 16.4 Å². The second-order valence-electron chi connectivity index (χ2n) is 9.29. The van der Waals surface area contributed by atoms with Crippen molar-refractivity contribution in [2.75, 3.05) is 31.9 Å². The first kappa shape index (κ1) is 24.1. The molecule has 2 saturated heterocycles. The Labute approximate surface area is 214 Å². The number of pyridine rings is 1. The van der Waals surface area contributed by atoms with Crippen molar-refractivity contribution in [2.45, 2.75) is 37.9 Å². The van der Waals surface area contributed by atoms with Crippen LogP contribution in [0.15, 0.2) is 42.9 Å². The third-order valence-corrected chi connectivity index (χ3v) is 7.52. The molecule has 0 unspecified atom stereocenters. The molecule has 1 atom stereocenters. The molecule has 2 aliphatic rings. The Hall–Kier alpha value is -2.65. The molecule has 35 heavy (non-hydrogen) atoms. The monoisotopic (exact) mass is 513 g/mol. The van der Waals surface area contributed by atoms with Gasteiger partial charge in [-0.25, -0.2) is 4.98 Å². The fourth-order valence-corrected chi connectivity index (χ4v) is 5.15. The number of hydrogen-bond donors (Lipinski definition) is 3. The number of piperidine rings is 1. The summed E-state index contributed by atoms with van der Waals surface area (Å²) in [7, 11) is 0. The Morgan fingerprint density at radius 1 is 1.11 bits per heavy atom. The molecule has 0 spiro atoms. The maximum atomic E-state index is 13.1. The number of nitrogens with zero attached hydrogens (tertiary/aromatic N) is 4. The molecule has 5 rings (SSSR count). The van der Waals surface area contributed by atoms with E-state index in [0.717, 1.165) is 68.7 Å². The third kappa shape index (κ3) is 5.62. The van der Waals surface area contributed by atoms with Crippen LogP contribution in [0.4, 0.5) is 5.82 Å². The molecule has 0 radical (unpaired) electrons. The standard InChI is InChI=1S/C25H29Cl2N7O/c26-22-2-1-16(9-23(22)27)13-33-8-5-19(15-33)32-25(35)21-10-17(11-30-24(21)28)18-12-31-34(14-18)20-3-6-29-7-4-20/h1-2,9-12,14,19-20,29H,3-8,13,15H2,(H2,28,30)(H,32,35)/t19-/m1/s1. The van der Waals surface area contributed by atoms with Crippen molar-refractivity contribution < 1.29 is 4.79 Å². The molecular weight excluding hydrogens is 485 g/mol. The summed E-state index contributed by atoms with van der Waals surface area (Å²) < 4.78 is 2.02. The SMILES string of the molecule is Nc1ncc(-c2cnn(C3CCNCC3)c2)cc1C(=O)N[C@@H]1CCN(Cc2ccc(Cl)c(Cl)c2)C1. The summed E-state index contributed by atoms with van der Waals surface area (Å²) in [6, 6.07) is 7.92. The van der Waals surface area contributed by atoms with Gasteiger partial charge in [0.25, 0.3) is 5.91 Å². The lowest BCUT2D eigenvalue weighted by Gasteiger charge is -2.22. The highest BCUT2D eigenvalue weighted by atomic mass is 35.5. The van der Waals surface area contributed by atoms with Gasteiger partial charge in [-0.15, -0.1) is 0 Å². The molecule has 2 aromatic heterocycles. The minimum atomic E-state index is -0.205. The maximum absolute atomic E-state index is 13.1. The molecule has 10 heteroatoms. The van der Waals surface area contributed by atoms with Gasteiger partial charge < -0.3 is 16.4 Å². The Kier molecular flexibility index (Phi) is 7.24. The summed E-state index contributed by atoms with van der Waals surface area (Å²) in [4.78, 5) is 19.7. The minimum Gasteiger partial charge on any atom is -0.383 e. The number of benzene rings is 1. The molecule has 4 N–H and O–H groups in total. The van der Waals surface area contributed by atoms with Gasteiger partial charge in [0.1, 0.15) is 5.82 Å². The normalized spacial score (nSPS) is 19.2. The molecule has 8 nitrogen and oxygen atoms in total. The number of carbonyl (C=O) groups is 1. The molecule has 1 amide bonds. The lowest BCUT2D eigenvalue weighted by atomic mass is 10.1. The van der Waals surface area contributed by atoms with E-state index in [1.54, 1.807) is 6.20 Å². The number of rotatable bonds is 6. The van der Waals surface area contributed by atoms with Crippen LogP contribution >= 0.6 is 23.2 Å². The first-order chi connectivity index (χ1) is 17.0. The van der Waals surface area contributed by atoms with Gasteiger partial charge in [0.15, 0.2) is 0 Å². The fraction of sp³-hybridized carbons (Fsp3) is 0.400. The van der Waals surface area contributed by atoms with E-state index in [0.29, 0.717) is 21.7 Å². The largest absolute Gasteiger partial charge is 0.383 e. The Balaban J connectivity index is 1.22. The second-order valence-corrected chi connectivity index (χ2v) is 10.1. The van der Waals surface area contributed by atoms with Crippen molar-refractivity contribution in [1.82, 2.24) is 30.3 Å². The summed E-state index contributed by atoms with van der Waals surface area (Å²) in [6.07, 6.45) is 8.53. The number of halogens is 2. The third-order valence-electron chi connectivity index (χ3n) is 6.78. The van der Waals surface area contributed by atoms with E-state index in [-0.39, 0.29) is 17.8 Å². The number of nitrogens with one attached hydrogen (secondary N) is 2. The van der Waals surface area contributed by atoms with E-state index in [4.69, 9.17) is 28.9 Å². The highest BCUT2D eigenvalue weighted by molar-refractivity contribution is 6.42. The van der Waals surface area contributed by atoms with E-state index >= 15 is 0 Å². The molecular formula is C25H29Cl2N7O. The van der Waals surface area contributed by atoms with Crippen LogP contribution in [0.25, 0.3) is 11.1 Å². The summed E-state index contributed by atoms with van der Waals surface area (Å²) >= 11 is 12.2. The lowest BCUT2D eigenvalue weighted by Crippen LogP contribution is -2.37. The predicted molar refractivity (Wildman–Crippen MR) is 139 cm³/mol. The van der Waals surface area contributed by atoms with Crippen LogP contribution in [-0.4, -0.2) is 57.8 Å². The van der Waals surface area contributed by atoms with Crippen LogP contribution in [0.3, 0.4) is 0 Å². The van der Waals surface area contributed by atoms with E-state index in [9.17, 15) is 4.79 Å². The van der Waals surface area contributed by atoms with Crippen molar-refractivity contribution in [1.29, 1.82) is 0 Å². The van der Waals surface area contributed by atoms with Gasteiger partial charge in [-0.3, -0.25) is 14.4 Å². The number of hydrogen-bond acceptors (Lipinski definition) is 6. The summed E-state index contributed by atoms with van der Waals surface area (Å²) in [5.74, 6) is 0.0200. The average molecular weight is 514 g/mol. The summed E-state index contributed by atoms with van der Waals surface area (Å²) in [6.45, 7) is 4.39. The highest BCUT2D eigenvalue weighted by Gasteiger charge is 2.25. The van der Waals surface area contributed by atoms with Crippen molar-refractivity contribution in [3.8, 4) is 11.1 Å². The van der Waals surface area contributed by atoms with Crippen molar-refractivity contribution in [3.05, 3.63) is 64.0 Å². The van der Waals surface area contributed by atoms with Crippen LogP contribution in [-0.2, 0) is 6.54 Å². The maximum Gasteiger partial charge on any atom is 0.255 e. The van der Waals surface area contributed by atoms with Crippen molar-refractivity contribution >= 4 is 34.9 Å². The quantitative estimate of drug-likeness (QED) is 0.463. The fourth-order valence-electron chi connectivity index (χ4n) is 4.83. The summed E-state index contributed by atoms with van der Waals surface area (Å²) in [5, 5.41) is 12.2. The van der Waals surface area contributed by atoms with E-state index in [2.05, 4.69) is 25.6 Å². The molecule has 4 heterocycles. The average Bonchev–Trinajstić information content (AvgIpc) is 3.52. The molecule has 3 aromatic rings. The zero-order chi connectivity index (χ0) is 24.4. The number of carbonyl (C=O) groups excluding carboxylic acids is 1. The van der Waals surface area contributed by atoms with Crippen LogP contribution in [0, 0.1) is 0 Å². The molecule has 2 fully saturated rings. The van der Waals surface area contributed by atoms with Gasteiger partial charge in [0.2, 0.25) is 0 Å². The van der Waals surface area contributed by atoms with Gasteiger partial charge >= 0.3 is 0 Å². The molecule has 184 valence electrons. The molecule has 0 saturated carbocycles. The minimum absolute atomic E-state index is 0.0380. The van der Waals surface area contributed by atoms with Crippen molar-refractivity contribution in [3.63, 3.8) is 0 Å². The summed E-state index contributed by atoms with van der Waals surface area (Å²) in [5.41, 5.74) is 9.33. The first-order valence-electron chi connectivity index (χ1n) is 11.9. The number of anilines is 1. The van der Waals surface area contributed by atoms with Crippen LogP contribution in [0.1, 0.15) is 41.2 Å². The first-order valence-corrected chi connectivity index (χ1v) is 12.7. The van der Waals surface area contributed by atoms with Crippen molar-refractivity contribution in [2.24, 2.45) is 0 Å². The highest BCUT2D eigenvalue weighted by Crippen LogP contribution is 2.26. The number of likely N-dealkylation sites (tertiary alicyclic amines) is 1. The topological polar surface area (TPSA) is 101 Å². The van der Waals surface area contributed by atoms with Crippen LogP contribution in [0.2, 0.25) is 10.0 Å². The van der Waals surface area contributed by atoms with Gasteiger partial charge in [-0.2, -0.15) is 5.10 Å². The van der Waals surface area contributed by atoms with Gasteiger partial charge in [0.05, 0.1) is 27.8 Å². The number of nitrogen functional groups attached to an aromatic ring is 1. The second kappa shape index (κ2) is 10.5. The molecule has 0 aliphatic carbocycles. The smallest absolute Gasteiger partial charge is 0.255 e. The van der Waals surface area contributed by atoms with Gasteiger partial charge in [-0.1, -0.05) is 29.3 Å². The zero-order valence-electron chi connectivity index (χ0n) is 19.4. The Morgan fingerprint density at radius 3 is 2.74 bits per heavy atom. The Morgan fingerprint density at radius 2 is 1.94 bits per heavy atom. The molecule has 0 bridgehead atoms. The molecule has 1 aromatic carbocycles. The number of aromatic nitrogens is 3. The van der Waals surface area contributed by atoms with Gasteiger partial charge in [0, 0.05) is 49.2 Å². The predicted octanol–water partition coefficient (Wildman–Crippen LogP) is 3.76. The number of amides is 1.